The molecule has 0 spiro atoms. The highest BCUT2D eigenvalue weighted by atomic mass is 16.1. The lowest BCUT2D eigenvalue weighted by atomic mass is 9.81. The summed E-state index contributed by atoms with van der Waals surface area (Å²) < 4.78 is 0. The molecule has 4 heteroatoms. The largest absolute Gasteiger partial charge is 0.360 e. The van der Waals surface area contributed by atoms with Crippen LogP contribution in [-0.2, 0) is 0 Å². The van der Waals surface area contributed by atoms with Crippen molar-refractivity contribution in [3.8, 4) is 0 Å². The molecular formula is C18H21N3O. The quantitative estimate of drug-likeness (QED) is 0.912. The Kier molecular flexibility index (Phi) is 2.51. The van der Waals surface area contributed by atoms with Crippen LogP contribution in [-0.4, -0.2) is 42.0 Å². The number of amides is 1. The Morgan fingerprint density at radius 3 is 2.82 bits per heavy atom. The second kappa shape index (κ2) is 4.35. The molecule has 4 nitrogen and oxygen atoms in total. The normalized spacial score (nSPS) is 35.4. The maximum absolute atomic E-state index is 12.6. The zero-order chi connectivity index (χ0) is 14.7. The van der Waals surface area contributed by atoms with Crippen LogP contribution in [0.5, 0.6) is 0 Å². The lowest BCUT2D eigenvalue weighted by molar-refractivity contribution is 0.0809. The summed E-state index contributed by atoms with van der Waals surface area (Å²) in [6, 6.07) is 7.98. The number of carbonyl (C=O) groups excluding carboxylic acids is 1. The van der Waals surface area contributed by atoms with Crippen LogP contribution in [0, 0.1) is 17.3 Å². The highest BCUT2D eigenvalue weighted by Crippen LogP contribution is 2.54. The number of aromatic nitrogens is 1. The van der Waals surface area contributed by atoms with Gasteiger partial charge in [-0.2, -0.15) is 0 Å². The van der Waals surface area contributed by atoms with Crippen molar-refractivity contribution in [2.45, 2.75) is 12.8 Å². The van der Waals surface area contributed by atoms with Crippen molar-refractivity contribution in [1.29, 1.82) is 0 Å². The summed E-state index contributed by atoms with van der Waals surface area (Å²) in [6.45, 7) is 4.59. The van der Waals surface area contributed by atoms with Gasteiger partial charge in [0.1, 0.15) is 0 Å². The summed E-state index contributed by atoms with van der Waals surface area (Å²) in [4.78, 5) is 18.4. The highest BCUT2D eigenvalue weighted by molar-refractivity contribution is 6.06. The predicted molar refractivity (Wildman–Crippen MR) is 85.7 cm³/mol. The van der Waals surface area contributed by atoms with Gasteiger partial charge in [-0.15, -0.1) is 0 Å². The molecule has 3 saturated heterocycles. The van der Waals surface area contributed by atoms with Crippen LogP contribution in [0.15, 0.2) is 30.5 Å². The second-order valence-corrected chi connectivity index (χ2v) is 7.55. The molecule has 1 amide bonds. The third-order valence-corrected chi connectivity index (χ3v) is 6.06. The summed E-state index contributed by atoms with van der Waals surface area (Å²) in [5, 5.41) is 4.23. The molecule has 4 atom stereocenters. The third-order valence-electron chi connectivity index (χ3n) is 6.06. The Labute approximate surface area is 129 Å². The number of hydrogen-bond donors (Lipinski definition) is 2. The molecule has 1 aliphatic carbocycles. The van der Waals surface area contributed by atoms with E-state index in [1.165, 1.54) is 32.5 Å². The molecule has 0 radical (unpaired) electrons. The maximum Gasteiger partial charge on any atom is 0.253 e. The van der Waals surface area contributed by atoms with Crippen LogP contribution in [0.2, 0.25) is 0 Å². The number of piperidine rings is 2. The molecule has 4 fully saturated rings. The van der Waals surface area contributed by atoms with Crippen molar-refractivity contribution in [1.82, 2.24) is 15.2 Å². The van der Waals surface area contributed by atoms with Gasteiger partial charge in [-0.25, -0.2) is 0 Å². The molecule has 114 valence electrons. The molecule has 1 aromatic heterocycles. The number of nitrogens with one attached hydrogen (secondary N) is 2. The van der Waals surface area contributed by atoms with Crippen molar-refractivity contribution in [2.24, 2.45) is 17.3 Å². The SMILES string of the molecule is O=C(NCC12CC3CN(C[C@@H]3C1)C2)c1c[nH]c2ccccc12. The Balaban J connectivity index is 1.34. The molecule has 22 heavy (non-hydrogen) atoms. The summed E-state index contributed by atoms with van der Waals surface area (Å²) in [5.41, 5.74) is 2.13. The van der Waals surface area contributed by atoms with Gasteiger partial charge >= 0.3 is 0 Å². The number of carbonyl (C=O) groups is 1. The minimum absolute atomic E-state index is 0.0597. The number of para-hydroxylation sites is 1. The molecule has 1 saturated carbocycles. The standard InChI is InChI=1S/C18H21N3O/c22-17(15-7-19-16-4-2-1-3-14(15)16)20-10-18-5-12-8-21(11-18)9-13(12)6-18/h1-4,7,12-13,19H,5-6,8-11H2,(H,20,22)/t12-,13?,18?/m0/s1. The average molecular weight is 295 g/mol. The first-order valence-corrected chi connectivity index (χ1v) is 8.29. The second-order valence-electron chi connectivity index (χ2n) is 7.55. The minimum Gasteiger partial charge on any atom is -0.360 e. The zero-order valence-electron chi connectivity index (χ0n) is 12.6. The Morgan fingerprint density at radius 2 is 2.05 bits per heavy atom. The fourth-order valence-corrected chi connectivity index (χ4v) is 5.25. The van der Waals surface area contributed by atoms with Crippen LogP contribution >= 0.6 is 0 Å². The van der Waals surface area contributed by atoms with Crippen LogP contribution in [0.1, 0.15) is 23.2 Å². The van der Waals surface area contributed by atoms with E-state index in [1.807, 2.05) is 30.5 Å². The van der Waals surface area contributed by atoms with Crippen LogP contribution in [0.3, 0.4) is 0 Å². The monoisotopic (exact) mass is 295 g/mol. The van der Waals surface area contributed by atoms with Crippen molar-refractivity contribution in [3.05, 3.63) is 36.0 Å². The number of benzene rings is 1. The van der Waals surface area contributed by atoms with Gasteiger partial charge in [-0.3, -0.25) is 4.79 Å². The summed E-state index contributed by atoms with van der Waals surface area (Å²) in [5.74, 6) is 1.84. The van der Waals surface area contributed by atoms with Gasteiger partial charge < -0.3 is 15.2 Å². The van der Waals surface area contributed by atoms with E-state index in [-0.39, 0.29) is 5.91 Å². The molecule has 4 aliphatic rings. The van der Waals surface area contributed by atoms with Gasteiger partial charge in [0.05, 0.1) is 5.56 Å². The first-order valence-electron chi connectivity index (χ1n) is 8.29. The zero-order valence-corrected chi connectivity index (χ0v) is 12.6. The Bertz CT molecular complexity index is 730. The predicted octanol–water partition coefficient (Wildman–Crippen LogP) is 2.24. The van der Waals surface area contributed by atoms with E-state index in [0.29, 0.717) is 5.41 Å². The van der Waals surface area contributed by atoms with Gasteiger partial charge in [0, 0.05) is 48.7 Å². The molecule has 3 aliphatic heterocycles. The number of H-pyrrole nitrogens is 1. The molecule has 6 rings (SSSR count). The molecule has 4 bridgehead atoms. The van der Waals surface area contributed by atoms with Gasteiger partial charge in [0.25, 0.3) is 5.91 Å². The molecule has 4 heterocycles. The van der Waals surface area contributed by atoms with Crippen LogP contribution in [0.25, 0.3) is 10.9 Å². The van der Waals surface area contributed by atoms with E-state index in [4.69, 9.17) is 0 Å². The Hall–Kier alpha value is -1.81. The van der Waals surface area contributed by atoms with E-state index in [1.54, 1.807) is 0 Å². The van der Waals surface area contributed by atoms with Gasteiger partial charge in [-0.05, 0) is 30.7 Å². The molecule has 2 N–H and O–H groups in total. The maximum atomic E-state index is 12.6. The molecule has 3 unspecified atom stereocenters. The van der Waals surface area contributed by atoms with Gasteiger partial charge in [-0.1, -0.05) is 18.2 Å². The van der Waals surface area contributed by atoms with Crippen LogP contribution < -0.4 is 5.32 Å². The number of fused-ring (bicyclic) bond motifs is 1. The van der Waals surface area contributed by atoms with E-state index < -0.39 is 0 Å². The average Bonchev–Trinajstić information content (AvgIpc) is 3.14. The fourth-order valence-electron chi connectivity index (χ4n) is 5.25. The lowest BCUT2D eigenvalue weighted by Crippen LogP contribution is -2.48. The molecule has 1 aromatic carbocycles. The van der Waals surface area contributed by atoms with E-state index in [9.17, 15) is 4.79 Å². The summed E-state index contributed by atoms with van der Waals surface area (Å²) in [7, 11) is 0. The van der Waals surface area contributed by atoms with E-state index in [2.05, 4.69) is 15.2 Å². The minimum atomic E-state index is 0.0597. The first kappa shape index (κ1) is 12.7. The summed E-state index contributed by atoms with van der Waals surface area (Å²) in [6.07, 6.45) is 4.45. The third kappa shape index (κ3) is 1.76. The number of rotatable bonds is 3. The van der Waals surface area contributed by atoms with Crippen LogP contribution in [0.4, 0.5) is 0 Å². The fraction of sp³-hybridized carbons (Fsp3) is 0.500. The van der Waals surface area contributed by atoms with E-state index >= 15 is 0 Å². The highest BCUT2D eigenvalue weighted by Gasteiger charge is 2.54. The van der Waals surface area contributed by atoms with Crippen molar-refractivity contribution in [2.75, 3.05) is 26.2 Å². The van der Waals surface area contributed by atoms with Crippen molar-refractivity contribution < 1.29 is 4.79 Å². The molecule has 2 aromatic rings. The van der Waals surface area contributed by atoms with Crippen molar-refractivity contribution in [3.63, 3.8) is 0 Å². The van der Waals surface area contributed by atoms with E-state index in [0.717, 1.165) is 34.8 Å². The lowest BCUT2D eigenvalue weighted by Gasteiger charge is -2.40. The topological polar surface area (TPSA) is 48.1 Å². The summed E-state index contributed by atoms with van der Waals surface area (Å²) >= 11 is 0. The van der Waals surface area contributed by atoms with Gasteiger partial charge in [0.2, 0.25) is 0 Å². The van der Waals surface area contributed by atoms with Gasteiger partial charge in [0.15, 0.2) is 0 Å². The number of nitrogens with zero attached hydrogens (tertiary/aromatic N) is 1. The number of aromatic amines is 1. The van der Waals surface area contributed by atoms with Crippen molar-refractivity contribution >= 4 is 16.8 Å². The number of hydrogen-bond acceptors (Lipinski definition) is 2. The first-order chi connectivity index (χ1) is 10.7. The molecular weight excluding hydrogens is 274 g/mol. The smallest absolute Gasteiger partial charge is 0.253 e. The Morgan fingerprint density at radius 1 is 1.27 bits per heavy atom.